The molecule has 3 aliphatic heterocycles. The first kappa shape index (κ1) is 47.0. The zero-order chi connectivity index (χ0) is 45.1. The van der Waals surface area contributed by atoms with E-state index in [-0.39, 0.29) is 60.7 Å². The normalized spacial score (nSPS) is 17.5. The Morgan fingerprint density at radius 2 is 1.65 bits per heavy atom. The Hall–Kier alpha value is -6.02. The van der Waals surface area contributed by atoms with Gasteiger partial charge in [0.15, 0.2) is 5.82 Å². The van der Waals surface area contributed by atoms with Crippen LogP contribution in [0.5, 0.6) is 0 Å². The largest absolute Gasteiger partial charge is 0.372 e. The zero-order valence-electron chi connectivity index (χ0n) is 35.9. The number of carbonyl (C=O) groups is 4. The predicted molar refractivity (Wildman–Crippen MR) is 245 cm³/mol. The van der Waals surface area contributed by atoms with Crippen LogP contribution >= 0.6 is 12.4 Å². The van der Waals surface area contributed by atoms with Gasteiger partial charge in [0.05, 0.1) is 29.7 Å². The van der Waals surface area contributed by atoms with Crippen molar-refractivity contribution in [3.8, 4) is 11.1 Å². The molecule has 0 spiro atoms. The smallest absolute Gasteiger partial charge is 0.301 e. The predicted octanol–water partition coefficient (Wildman–Crippen LogP) is 5.35. The van der Waals surface area contributed by atoms with Crippen LogP contribution in [0, 0.1) is 11.6 Å². The van der Waals surface area contributed by atoms with Crippen molar-refractivity contribution in [3.63, 3.8) is 0 Å². The number of ketones is 1. The van der Waals surface area contributed by atoms with Crippen LogP contribution in [-0.4, -0.2) is 114 Å². The number of nitrogens with zero attached hydrogens (tertiary/aromatic N) is 5. The van der Waals surface area contributed by atoms with Gasteiger partial charge < -0.3 is 25.4 Å². The summed E-state index contributed by atoms with van der Waals surface area (Å²) in [6.45, 7) is 4.91. The molecule has 16 nitrogen and oxygen atoms in total. The Kier molecular flexibility index (Phi) is 14.5. The Morgan fingerprint density at radius 1 is 0.908 bits per heavy atom. The minimum absolute atomic E-state index is 0. The van der Waals surface area contributed by atoms with E-state index in [9.17, 15) is 27.6 Å². The van der Waals surface area contributed by atoms with Crippen LogP contribution in [0.15, 0.2) is 73.2 Å². The van der Waals surface area contributed by atoms with Gasteiger partial charge in [-0.3, -0.25) is 34.2 Å². The van der Waals surface area contributed by atoms with Crippen LogP contribution in [0.1, 0.15) is 73.0 Å². The summed E-state index contributed by atoms with van der Waals surface area (Å²) in [6, 6.07) is 15.1. The number of imide groups is 1. The lowest BCUT2D eigenvalue weighted by atomic mass is 9.93. The fourth-order valence-electron chi connectivity index (χ4n) is 8.45. The monoisotopic (exact) mass is 932 g/mol. The molecule has 1 atom stereocenters. The van der Waals surface area contributed by atoms with E-state index >= 15 is 8.78 Å². The van der Waals surface area contributed by atoms with Gasteiger partial charge in [-0.05, 0) is 80.1 Å². The van der Waals surface area contributed by atoms with Crippen LogP contribution < -0.4 is 25.6 Å². The van der Waals surface area contributed by atoms with Crippen molar-refractivity contribution in [1.29, 1.82) is 0 Å². The number of piperidine rings is 3. The number of benzene rings is 2. The molecule has 6 heterocycles. The molecule has 3 amide bonds. The lowest BCUT2D eigenvalue weighted by molar-refractivity contribution is -0.134. The number of halogens is 3. The van der Waals surface area contributed by atoms with Gasteiger partial charge in [0, 0.05) is 98.4 Å². The lowest BCUT2D eigenvalue weighted by Gasteiger charge is -2.35. The zero-order valence-corrected chi connectivity index (χ0v) is 37.5. The maximum Gasteiger partial charge on any atom is 0.301 e. The molecule has 2 aromatic carbocycles. The quantitative estimate of drug-likeness (QED) is 0.0711. The van der Waals surface area contributed by atoms with Crippen LogP contribution in [0.25, 0.3) is 22.2 Å². The number of carbonyl (C=O) groups excluding carboxylic acids is 4. The fraction of sp³-hybridized carbons (Fsp3) is 0.378. The first-order valence-electron chi connectivity index (χ1n) is 21.4. The summed E-state index contributed by atoms with van der Waals surface area (Å²) < 4.78 is 58.8. The van der Waals surface area contributed by atoms with Crippen molar-refractivity contribution in [2.24, 2.45) is 0 Å². The van der Waals surface area contributed by atoms with Crippen molar-refractivity contribution in [2.45, 2.75) is 63.5 Å². The first-order chi connectivity index (χ1) is 30.8. The second-order valence-electron chi connectivity index (χ2n) is 16.4. The Bertz CT molecular complexity index is 2670. The summed E-state index contributed by atoms with van der Waals surface area (Å²) in [6.07, 6.45) is 8.82. The van der Waals surface area contributed by atoms with E-state index in [1.54, 1.807) is 25.4 Å². The highest BCUT2D eigenvalue weighted by Crippen LogP contribution is 2.32. The minimum atomic E-state index is -4.14. The molecule has 3 fully saturated rings. The van der Waals surface area contributed by atoms with Gasteiger partial charge in [0.2, 0.25) is 23.5 Å². The van der Waals surface area contributed by atoms with Gasteiger partial charge >= 0.3 is 10.2 Å². The van der Waals surface area contributed by atoms with E-state index in [0.717, 1.165) is 77.8 Å². The molecule has 3 aliphatic rings. The third-order valence-corrected chi connectivity index (χ3v) is 14.0. The van der Waals surface area contributed by atoms with Gasteiger partial charge in [0.1, 0.15) is 17.5 Å². The second kappa shape index (κ2) is 20.0. The van der Waals surface area contributed by atoms with Crippen molar-refractivity contribution >= 4 is 74.2 Å². The number of anilines is 3. The molecule has 3 aromatic heterocycles. The highest BCUT2D eigenvalue weighted by molar-refractivity contribution is 7.90. The molecule has 0 saturated carbocycles. The van der Waals surface area contributed by atoms with Crippen LogP contribution in [-0.2, 0) is 24.6 Å². The van der Waals surface area contributed by atoms with E-state index in [1.807, 2.05) is 41.3 Å². The summed E-state index contributed by atoms with van der Waals surface area (Å²) >= 11 is 0. The minimum Gasteiger partial charge on any atom is -0.372 e. The molecular formula is C45H51ClF2N10O6S. The van der Waals surface area contributed by atoms with Crippen molar-refractivity contribution < 1.29 is 36.4 Å². The number of likely N-dealkylation sites (tertiary alicyclic amines) is 1. The number of aromatic amines is 1. The third kappa shape index (κ3) is 10.4. The van der Waals surface area contributed by atoms with Crippen molar-refractivity contribution in [3.05, 3.63) is 102 Å². The molecule has 344 valence electrons. The molecule has 8 rings (SSSR count). The molecule has 3 saturated heterocycles. The topological polar surface area (TPSA) is 202 Å². The number of hydrogen-bond acceptors (Lipinski definition) is 11. The van der Waals surface area contributed by atoms with Gasteiger partial charge in [-0.2, -0.15) is 12.7 Å². The Balaban J connectivity index is 0.00000630. The second-order valence-corrected chi connectivity index (χ2v) is 18.2. The van der Waals surface area contributed by atoms with Crippen LogP contribution in [0.4, 0.5) is 25.8 Å². The number of rotatable bonds is 14. The molecule has 5 N–H and O–H groups in total. The van der Waals surface area contributed by atoms with E-state index in [1.165, 1.54) is 13.2 Å². The summed E-state index contributed by atoms with van der Waals surface area (Å²) in [5.41, 5.74) is 3.10. The molecule has 65 heavy (non-hydrogen) atoms. The van der Waals surface area contributed by atoms with Gasteiger partial charge in [-0.15, -0.1) is 12.4 Å². The SMILES string of the molecule is CCN(C)S(=O)(=O)Nc1ccc(F)c(C(=O)c2c[nH]c3ncc(-c4ccc(N5CCC(NCC(=O)N6CCC(c7ccc(NC8CCC(=O)NC8=O)cn7)CC6)CC5)cc4)cc23)c1F.Cl. The number of aromatic nitrogens is 3. The van der Waals surface area contributed by atoms with Crippen molar-refractivity contribution in [2.75, 3.05) is 61.3 Å². The number of pyridine rings is 2. The maximum absolute atomic E-state index is 15.6. The Labute approximate surface area is 381 Å². The maximum atomic E-state index is 15.6. The van der Waals surface area contributed by atoms with E-state index in [4.69, 9.17) is 0 Å². The third-order valence-electron chi connectivity index (χ3n) is 12.4. The van der Waals surface area contributed by atoms with Gasteiger partial charge in [-0.1, -0.05) is 19.1 Å². The molecule has 5 aromatic rings. The van der Waals surface area contributed by atoms with E-state index in [2.05, 4.69) is 40.5 Å². The van der Waals surface area contributed by atoms with Gasteiger partial charge in [-0.25, -0.2) is 13.8 Å². The summed E-state index contributed by atoms with van der Waals surface area (Å²) in [7, 11) is -2.84. The number of hydrogen-bond donors (Lipinski definition) is 5. The summed E-state index contributed by atoms with van der Waals surface area (Å²) in [5, 5.41) is 9.34. The highest BCUT2D eigenvalue weighted by atomic mass is 35.5. The highest BCUT2D eigenvalue weighted by Gasteiger charge is 2.30. The standard InChI is InChI=1S/C45H50F2N10O6S.ClH/c1-3-55(2)64(62,63)54-37-11-9-35(46)41(42(37)47)43(60)34-25-51-44-33(34)22-29(23-50-44)27-4-7-32(8-5-27)56-20-16-30(17-21-56)48-26-40(59)57-18-14-28(15-19-57)36-10-6-31(24-49-36)52-38-12-13-39(58)53-45(38)61;/h4-11,22-25,28,30,38,48,52,54H,3,12-21,26H2,1-2H3,(H,50,51)(H,53,58,61);1H. The average molecular weight is 933 g/mol. The molecule has 1 unspecified atom stereocenters. The van der Waals surface area contributed by atoms with Crippen LogP contribution in [0.3, 0.4) is 0 Å². The Morgan fingerprint density at radius 3 is 2.32 bits per heavy atom. The summed E-state index contributed by atoms with van der Waals surface area (Å²) in [4.78, 5) is 66.6. The molecule has 0 radical (unpaired) electrons. The molecule has 0 aliphatic carbocycles. The lowest BCUT2D eigenvalue weighted by Crippen LogP contribution is -2.48. The molecular weight excluding hydrogens is 882 g/mol. The molecule has 20 heteroatoms. The van der Waals surface area contributed by atoms with Crippen molar-refractivity contribution in [1.82, 2.24) is 34.8 Å². The van der Waals surface area contributed by atoms with E-state index < -0.39 is 44.9 Å². The number of nitrogens with one attached hydrogen (secondary N) is 5. The van der Waals surface area contributed by atoms with Crippen LogP contribution in [0.2, 0.25) is 0 Å². The number of H-pyrrole nitrogens is 1. The number of fused-ring (bicyclic) bond motifs is 1. The fourth-order valence-corrected chi connectivity index (χ4v) is 9.38. The average Bonchev–Trinajstić information content (AvgIpc) is 3.74. The summed E-state index contributed by atoms with van der Waals surface area (Å²) in [5.74, 6) is -3.67. The van der Waals surface area contributed by atoms with Gasteiger partial charge in [0.25, 0.3) is 0 Å². The number of amides is 3. The molecule has 0 bridgehead atoms. The van der Waals surface area contributed by atoms with E-state index in [0.29, 0.717) is 42.5 Å². The first-order valence-corrected chi connectivity index (χ1v) is 22.9.